The van der Waals surface area contributed by atoms with Crippen molar-refractivity contribution in [3.8, 4) is 0 Å². The Hall–Kier alpha value is -0.840. The molecule has 0 aliphatic carbocycles. The Kier molecular flexibility index (Phi) is 4.66. The van der Waals surface area contributed by atoms with E-state index in [0.717, 1.165) is 12.8 Å². The van der Waals surface area contributed by atoms with Gasteiger partial charge in [0.1, 0.15) is 10.3 Å². The minimum Gasteiger partial charge on any atom is -0.393 e. The van der Waals surface area contributed by atoms with Gasteiger partial charge in [0.15, 0.2) is 0 Å². The predicted molar refractivity (Wildman–Crippen MR) is 74.6 cm³/mol. The Balaban J connectivity index is 2.18. The third-order valence-electron chi connectivity index (χ3n) is 3.26. The summed E-state index contributed by atoms with van der Waals surface area (Å²) < 4.78 is 0. The van der Waals surface area contributed by atoms with E-state index >= 15 is 0 Å². The van der Waals surface area contributed by atoms with Crippen LogP contribution in [0.4, 0.5) is 0 Å². The summed E-state index contributed by atoms with van der Waals surface area (Å²) in [6.45, 7) is 2.44. The zero-order chi connectivity index (χ0) is 14.0. The summed E-state index contributed by atoms with van der Waals surface area (Å²) in [5, 5.41) is 9.90. The van der Waals surface area contributed by atoms with Crippen LogP contribution in [0, 0.1) is 0 Å². The lowest BCUT2D eigenvalue weighted by Gasteiger charge is -2.25. The van der Waals surface area contributed by atoms with Crippen molar-refractivity contribution in [2.24, 2.45) is 0 Å². The standard InChI is InChI=1S/C13H16Cl2N2O2/c1-8(18)5-10-3-2-4-17(10)13(19)9-6-11(14)16-12(15)7-9/h6-8,10,18H,2-5H2,1H3. The molecule has 1 amide bonds. The summed E-state index contributed by atoms with van der Waals surface area (Å²) in [4.78, 5) is 18.1. The van der Waals surface area contributed by atoms with Crippen molar-refractivity contribution in [1.29, 1.82) is 0 Å². The number of likely N-dealkylation sites (tertiary alicyclic amines) is 1. The molecule has 104 valence electrons. The van der Waals surface area contributed by atoms with Gasteiger partial charge in [-0.2, -0.15) is 0 Å². The van der Waals surface area contributed by atoms with Crippen LogP contribution < -0.4 is 0 Å². The van der Waals surface area contributed by atoms with Gasteiger partial charge in [-0.1, -0.05) is 23.2 Å². The summed E-state index contributed by atoms with van der Waals surface area (Å²) in [7, 11) is 0. The molecule has 0 saturated carbocycles. The van der Waals surface area contributed by atoms with Crippen molar-refractivity contribution in [1.82, 2.24) is 9.88 Å². The maximum absolute atomic E-state index is 12.4. The molecule has 2 atom stereocenters. The van der Waals surface area contributed by atoms with Gasteiger partial charge in [-0.3, -0.25) is 4.79 Å². The van der Waals surface area contributed by atoms with Crippen LogP contribution in [0.1, 0.15) is 36.5 Å². The Bertz CT molecular complexity index is 459. The first-order valence-electron chi connectivity index (χ1n) is 6.29. The van der Waals surface area contributed by atoms with E-state index in [1.54, 1.807) is 11.8 Å². The number of carbonyl (C=O) groups is 1. The van der Waals surface area contributed by atoms with Crippen molar-refractivity contribution >= 4 is 29.1 Å². The summed E-state index contributed by atoms with van der Waals surface area (Å²) >= 11 is 11.6. The molecule has 2 unspecified atom stereocenters. The molecule has 1 aromatic rings. The van der Waals surface area contributed by atoms with E-state index in [2.05, 4.69) is 4.98 Å². The Morgan fingerprint density at radius 2 is 2.16 bits per heavy atom. The van der Waals surface area contributed by atoms with Gasteiger partial charge in [0.2, 0.25) is 0 Å². The lowest BCUT2D eigenvalue weighted by Crippen LogP contribution is -2.37. The number of hydrogen-bond acceptors (Lipinski definition) is 3. The fourth-order valence-electron chi connectivity index (χ4n) is 2.50. The van der Waals surface area contributed by atoms with Crippen LogP contribution in [0.3, 0.4) is 0 Å². The van der Waals surface area contributed by atoms with Crippen LogP contribution in [0.25, 0.3) is 0 Å². The first kappa shape index (κ1) is 14.6. The first-order chi connectivity index (χ1) is 8.97. The van der Waals surface area contributed by atoms with E-state index in [0.29, 0.717) is 18.5 Å². The first-order valence-corrected chi connectivity index (χ1v) is 7.05. The number of rotatable bonds is 3. The quantitative estimate of drug-likeness (QED) is 0.874. The largest absolute Gasteiger partial charge is 0.393 e. The summed E-state index contributed by atoms with van der Waals surface area (Å²) in [5.74, 6) is -0.102. The maximum Gasteiger partial charge on any atom is 0.254 e. The second-order valence-electron chi connectivity index (χ2n) is 4.88. The highest BCUT2D eigenvalue weighted by atomic mass is 35.5. The predicted octanol–water partition coefficient (Wildman–Crippen LogP) is 2.76. The molecule has 19 heavy (non-hydrogen) atoms. The van der Waals surface area contributed by atoms with Gasteiger partial charge < -0.3 is 10.0 Å². The second kappa shape index (κ2) is 6.07. The van der Waals surface area contributed by atoms with E-state index in [1.807, 2.05) is 0 Å². The molecule has 2 heterocycles. The number of aromatic nitrogens is 1. The molecule has 0 aromatic carbocycles. The van der Waals surface area contributed by atoms with Crippen LogP contribution in [-0.2, 0) is 0 Å². The van der Waals surface area contributed by atoms with Crippen LogP contribution in [0.15, 0.2) is 12.1 Å². The Morgan fingerprint density at radius 3 is 2.74 bits per heavy atom. The van der Waals surface area contributed by atoms with Gasteiger partial charge in [0.25, 0.3) is 5.91 Å². The third-order valence-corrected chi connectivity index (χ3v) is 3.65. The highest BCUT2D eigenvalue weighted by Crippen LogP contribution is 2.25. The molecule has 1 aromatic heterocycles. The molecule has 2 rings (SSSR count). The molecule has 1 saturated heterocycles. The Morgan fingerprint density at radius 1 is 1.53 bits per heavy atom. The van der Waals surface area contributed by atoms with E-state index in [1.165, 1.54) is 12.1 Å². The van der Waals surface area contributed by atoms with E-state index in [9.17, 15) is 9.90 Å². The maximum atomic E-state index is 12.4. The number of nitrogens with zero attached hydrogens (tertiary/aromatic N) is 2. The smallest absolute Gasteiger partial charge is 0.254 e. The molecule has 1 aliphatic heterocycles. The highest BCUT2D eigenvalue weighted by molar-refractivity contribution is 6.33. The van der Waals surface area contributed by atoms with E-state index in [4.69, 9.17) is 23.2 Å². The average molecular weight is 303 g/mol. The SMILES string of the molecule is CC(O)CC1CCCN1C(=O)c1cc(Cl)nc(Cl)c1. The van der Waals surface area contributed by atoms with Gasteiger partial charge in [-0.05, 0) is 38.3 Å². The van der Waals surface area contributed by atoms with Crippen molar-refractivity contribution in [2.75, 3.05) is 6.54 Å². The number of hydrogen-bond donors (Lipinski definition) is 1. The van der Waals surface area contributed by atoms with Crippen LogP contribution in [-0.4, -0.2) is 39.6 Å². The molecule has 0 spiro atoms. The minimum absolute atomic E-state index is 0.0817. The Labute approximate surface area is 122 Å². The lowest BCUT2D eigenvalue weighted by molar-refractivity contribution is 0.0682. The van der Waals surface area contributed by atoms with Gasteiger partial charge >= 0.3 is 0 Å². The van der Waals surface area contributed by atoms with E-state index < -0.39 is 6.10 Å². The van der Waals surface area contributed by atoms with Crippen molar-refractivity contribution in [3.63, 3.8) is 0 Å². The van der Waals surface area contributed by atoms with Gasteiger partial charge in [0, 0.05) is 18.2 Å². The van der Waals surface area contributed by atoms with Crippen LogP contribution in [0.5, 0.6) is 0 Å². The van der Waals surface area contributed by atoms with Gasteiger partial charge in [-0.15, -0.1) is 0 Å². The molecule has 1 N–H and O–H groups in total. The van der Waals surface area contributed by atoms with Crippen LogP contribution >= 0.6 is 23.2 Å². The fraction of sp³-hybridized carbons (Fsp3) is 0.538. The molecule has 6 heteroatoms. The van der Waals surface area contributed by atoms with Crippen molar-refractivity contribution < 1.29 is 9.90 Å². The number of amides is 1. The summed E-state index contributed by atoms with van der Waals surface area (Å²) in [6, 6.07) is 3.12. The van der Waals surface area contributed by atoms with Gasteiger partial charge in [-0.25, -0.2) is 4.98 Å². The van der Waals surface area contributed by atoms with Crippen molar-refractivity contribution in [3.05, 3.63) is 28.0 Å². The zero-order valence-electron chi connectivity index (χ0n) is 10.6. The number of aliphatic hydroxyl groups excluding tert-OH is 1. The summed E-state index contributed by atoms with van der Waals surface area (Å²) in [5.41, 5.74) is 0.447. The summed E-state index contributed by atoms with van der Waals surface area (Å²) in [6.07, 6.45) is 2.06. The molecule has 1 fully saturated rings. The number of carbonyl (C=O) groups excluding carboxylic acids is 1. The van der Waals surface area contributed by atoms with Crippen molar-refractivity contribution in [2.45, 2.75) is 38.3 Å². The molecule has 0 bridgehead atoms. The highest BCUT2D eigenvalue weighted by Gasteiger charge is 2.30. The molecule has 4 nitrogen and oxygen atoms in total. The number of aliphatic hydroxyl groups is 1. The minimum atomic E-state index is -0.414. The van der Waals surface area contributed by atoms with Gasteiger partial charge in [0.05, 0.1) is 6.10 Å². The molecular formula is C13H16Cl2N2O2. The molecule has 0 radical (unpaired) electrons. The zero-order valence-corrected chi connectivity index (χ0v) is 12.2. The second-order valence-corrected chi connectivity index (χ2v) is 5.66. The average Bonchev–Trinajstić information content (AvgIpc) is 2.73. The molecular weight excluding hydrogens is 287 g/mol. The fourth-order valence-corrected chi connectivity index (χ4v) is 2.96. The normalized spacial score (nSPS) is 20.6. The third kappa shape index (κ3) is 3.59. The monoisotopic (exact) mass is 302 g/mol. The van der Waals surface area contributed by atoms with Crippen LogP contribution in [0.2, 0.25) is 10.3 Å². The molecule has 1 aliphatic rings. The number of pyridine rings is 1. The van der Waals surface area contributed by atoms with E-state index in [-0.39, 0.29) is 22.3 Å². The number of halogens is 2. The topological polar surface area (TPSA) is 53.4 Å². The lowest BCUT2D eigenvalue weighted by atomic mass is 10.1.